The summed E-state index contributed by atoms with van der Waals surface area (Å²) in [6.07, 6.45) is 0. The fourth-order valence-corrected chi connectivity index (χ4v) is 1.07. The molecule has 0 saturated heterocycles. The van der Waals surface area contributed by atoms with Crippen LogP contribution in [0.2, 0.25) is 0 Å². The zero-order chi connectivity index (χ0) is 7.84. The van der Waals surface area contributed by atoms with Gasteiger partial charge in [0.15, 0.2) is 0 Å². The zero-order valence-corrected chi connectivity index (χ0v) is 5.96. The number of methoxy groups -OCH3 is 1. The van der Waals surface area contributed by atoms with E-state index in [4.69, 9.17) is 9.47 Å². The topological polar surface area (TPSA) is 35.5 Å². The van der Waals surface area contributed by atoms with E-state index in [1.54, 1.807) is 18.2 Å². The zero-order valence-electron chi connectivity index (χ0n) is 5.96. The van der Waals surface area contributed by atoms with Crippen molar-refractivity contribution in [2.24, 2.45) is 0 Å². The van der Waals surface area contributed by atoms with Crippen LogP contribution < -0.4 is 9.47 Å². The Bertz CT molecular complexity index is 317. The van der Waals surface area contributed by atoms with Gasteiger partial charge >= 0.3 is 5.97 Å². The Morgan fingerprint density at radius 3 is 3.00 bits per heavy atom. The van der Waals surface area contributed by atoms with Crippen LogP contribution in [0.25, 0.3) is 0 Å². The number of rotatable bonds is 1. The molecule has 2 rings (SSSR count). The highest BCUT2D eigenvalue weighted by Crippen LogP contribution is 2.30. The smallest absolute Gasteiger partial charge is 0.347 e. The molecule has 2 bridgehead atoms. The molecule has 0 saturated carbocycles. The highest BCUT2D eigenvalue weighted by Gasteiger charge is 2.21. The average molecular weight is 150 g/mol. The Morgan fingerprint density at radius 1 is 1.45 bits per heavy atom. The van der Waals surface area contributed by atoms with Gasteiger partial charge in [-0.3, -0.25) is 0 Å². The molecule has 0 unspecified atom stereocenters. The first-order valence-electron chi connectivity index (χ1n) is 3.21. The predicted octanol–water partition coefficient (Wildman–Crippen LogP) is 1.23. The Labute approximate surface area is 63.5 Å². The largest absolute Gasteiger partial charge is 0.496 e. The van der Waals surface area contributed by atoms with Crippen LogP contribution in [0.3, 0.4) is 0 Å². The van der Waals surface area contributed by atoms with Crippen molar-refractivity contribution in [2.75, 3.05) is 7.11 Å². The molecule has 3 heteroatoms. The van der Waals surface area contributed by atoms with Crippen LogP contribution >= 0.6 is 0 Å². The molecular formula is C8H6O3. The summed E-state index contributed by atoms with van der Waals surface area (Å²) in [5, 5.41) is 0. The van der Waals surface area contributed by atoms with Gasteiger partial charge in [-0.2, -0.15) is 0 Å². The normalized spacial score (nSPS) is 13.0. The number of hydrogen-bond acceptors (Lipinski definition) is 3. The molecule has 56 valence electrons. The molecule has 1 aliphatic rings. The molecule has 0 atom stereocenters. The summed E-state index contributed by atoms with van der Waals surface area (Å²) in [6.45, 7) is 0. The van der Waals surface area contributed by atoms with Gasteiger partial charge < -0.3 is 9.47 Å². The third-order valence-electron chi connectivity index (χ3n) is 1.60. The minimum Gasteiger partial charge on any atom is -0.496 e. The first-order valence-corrected chi connectivity index (χ1v) is 3.21. The number of carbonyl (C=O) groups excluding carboxylic acids is 1. The highest BCUT2D eigenvalue weighted by atomic mass is 16.5. The fraction of sp³-hybridized carbons (Fsp3) is 0.125. The summed E-state index contributed by atoms with van der Waals surface area (Å²) in [5.74, 6) is 0.823. The molecule has 0 N–H and O–H groups in total. The second kappa shape index (κ2) is 1.99. The molecular weight excluding hydrogens is 144 g/mol. The number of fused-ring (bicyclic) bond motifs is 2. The first kappa shape index (κ1) is 6.22. The van der Waals surface area contributed by atoms with Crippen LogP contribution in [0.4, 0.5) is 0 Å². The number of esters is 1. The van der Waals surface area contributed by atoms with Gasteiger partial charge in [0, 0.05) is 0 Å². The number of hydrogen-bond donors (Lipinski definition) is 0. The second-order valence-electron chi connectivity index (χ2n) is 2.25. The quantitative estimate of drug-likeness (QED) is 0.565. The number of benzene rings is 1. The van der Waals surface area contributed by atoms with E-state index in [1.165, 1.54) is 7.11 Å². The monoisotopic (exact) mass is 150 g/mol. The fourth-order valence-electron chi connectivity index (χ4n) is 1.07. The van der Waals surface area contributed by atoms with Crippen LogP contribution in [0.15, 0.2) is 18.2 Å². The lowest BCUT2D eigenvalue weighted by Crippen LogP contribution is -2.01. The number of ether oxygens (including phenoxy) is 2. The standard InChI is InChI=1S/C8H6O3/c1-10-7-3-2-5-4-6(7)8(9)11-5/h2-4H,1H3. The van der Waals surface area contributed by atoms with Gasteiger partial charge in [-0.25, -0.2) is 4.79 Å². The van der Waals surface area contributed by atoms with Crippen molar-refractivity contribution < 1.29 is 14.3 Å². The summed E-state index contributed by atoms with van der Waals surface area (Å²) in [7, 11) is 1.52. The summed E-state index contributed by atoms with van der Waals surface area (Å²) in [4.78, 5) is 11.0. The highest BCUT2D eigenvalue weighted by molar-refractivity contribution is 5.97. The maximum absolute atomic E-state index is 11.0. The van der Waals surface area contributed by atoms with Gasteiger partial charge in [-0.1, -0.05) is 0 Å². The Hall–Kier alpha value is -1.51. The molecule has 1 heterocycles. The van der Waals surface area contributed by atoms with E-state index in [-0.39, 0.29) is 5.97 Å². The van der Waals surface area contributed by atoms with Gasteiger partial charge in [-0.15, -0.1) is 0 Å². The summed E-state index contributed by atoms with van der Waals surface area (Å²) >= 11 is 0. The van der Waals surface area contributed by atoms with E-state index in [9.17, 15) is 4.79 Å². The molecule has 0 radical (unpaired) electrons. The average Bonchev–Trinajstić information content (AvgIpc) is 2.30. The van der Waals surface area contributed by atoms with Crippen molar-refractivity contribution in [3.63, 3.8) is 0 Å². The van der Waals surface area contributed by atoms with E-state index in [0.717, 1.165) is 0 Å². The second-order valence-corrected chi connectivity index (χ2v) is 2.25. The van der Waals surface area contributed by atoms with Gasteiger partial charge in [0.05, 0.1) is 7.11 Å². The molecule has 0 amide bonds. The number of carbonyl (C=O) groups is 1. The molecule has 0 spiro atoms. The maximum Gasteiger partial charge on any atom is 0.347 e. The molecule has 1 aromatic carbocycles. The van der Waals surface area contributed by atoms with Crippen molar-refractivity contribution in [3.05, 3.63) is 23.8 Å². The predicted molar refractivity (Wildman–Crippen MR) is 38.0 cm³/mol. The lowest BCUT2D eigenvalue weighted by molar-refractivity contribution is 0.0753. The van der Waals surface area contributed by atoms with Gasteiger partial charge in [0.1, 0.15) is 17.1 Å². The third kappa shape index (κ3) is 0.774. The molecule has 1 aromatic rings. The van der Waals surface area contributed by atoms with Crippen LogP contribution in [0.1, 0.15) is 10.4 Å². The van der Waals surface area contributed by atoms with Gasteiger partial charge in [0.2, 0.25) is 0 Å². The SMILES string of the molecule is COc1ccc2cc1C(=O)O2. The molecule has 1 aliphatic heterocycles. The Morgan fingerprint density at radius 2 is 2.27 bits per heavy atom. The van der Waals surface area contributed by atoms with E-state index in [1.807, 2.05) is 0 Å². The maximum atomic E-state index is 11.0. The van der Waals surface area contributed by atoms with Crippen LogP contribution in [-0.4, -0.2) is 13.1 Å². The van der Waals surface area contributed by atoms with E-state index in [2.05, 4.69) is 0 Å². The van der Waals surface area contributed by atoms with E-state index >= 15 is 0 Å². The molecule has 0 fully saturated rings. The summed E-state index contributed by atoms with van der Waals surface area (Å²) in [6, 6.07) is 5.09. The van der Waals surface area contributed by atoms with Gasteiger partial charge in [-0.05, 0) is 18.2 Å². The van der Waals surface area contributed by atoms with Crippen molar-refractivity contribution in [1.29, 1.82) is 0 Å². The van der Waals surface area contributed by atoms with Crippen molar-refractivity contribution >= 4 is 5.97 Å². The Kier molecular flexibility index (Phi) is 1.12. The van der Waals surface area contributed by atoms with E-state index in [0.29, 0.717) is 17.1 Å². The molecule has 11 heavy (non-hydrogen) atoms. The summed E-state index contributed by atoms with van der Waals surface area (Å²) in [5.41, 5.74) is 0.505. The summed E-state index contributed by atoms with van der Waals surface area (Å²) < 4.78 is 9.75. The third-order valence-corrected chi connectivity index (χ3v) is 1.60. The van der Waals surface area contributed by atoms with Gasteiger partial charge in [0.25, 0.3) is 0 Å². The Balaban J connectivity index is 2.59. The minimum atomic E-state index is -0.332. The van der Waals surface area contributed by atoms with Crippen molar-refractivity contribution in [2.45, 2.75) is 0 Å². The van der Waals surface area contributed by atoms with Crippen LogP contribution in [0.5, 0.6) is 11.5 Å². The minimum absolute atomic E-state index is 0.332. The first-order chi connectivity index (χ1) is 5.31. The van der Waals surface area contributed by atoms with Crippen LogP contribution in [-0.2, 0) is 0 Å². The van der Waals surface area contributed by atoms with Crippen molar-refractivity contribution in [1.82, 2.24) is 0 Å². The van der Waals surface area contributed by atoms with E-state index < -0.39 is 0 Å². The lowest BCUT2D eigenvalue weighted by Gasteiger charge is -1.97. The lowest BCUT2D eigenvalue weighted by atomic mass is 10.2. The molecule has 0 aliphatic carbocycles. The molecule has 3 nitrogen and oxygen atoms in total. The van der Waals surface area contributed by atoms with Crippen molar-refractivity contribution in [3.8, 4) is 11.5 Å². The van der Waals surface area contributed by atoms with Crippen LogP contribution in [0, 0.1) is 0 Å². The molecule has 0 aromatic heterocycles.